The van der Waals surface area contributed by atoms with E-state index in [0.717, 1.165) is 17.0 Å². The number of aliphatic hydroxyl groups is 1. The molecule has 0 saturated carbocycles. The zero-order valence-corrected chi connectivity index (χ0v) is 16.1. The van der Waals surface area contributed by atoms with Gasteiger partial charge in [-0.25, -0.2) is 4.39 Å². The number of anilines is 1. The second-order valence-electron chi connectivity index (χ2n) is 6.34. The topological polar surface area (TPSA) is 69.6 Å². The van der Waals surface area contributed by atoms with Crippen molar-refractivity contribution in [1.29, 1.82) is 0 Å². The van der Waals surface area contributed by atoms with Gasteiger partial charge in [0.25, 0.3) is 11.8 Å². The summed E-state index contributed by atoms with van der Waals surface area (Å²) in [6, 6.07) is 3.83. The largest absolute Gasteiger partial charge is 0.372 e. The van der Waals surface area contributed by atoms with Gasteiger partial charge in [-0.2, -0.15) is 0 Å². The van der Waals surface area contributed by atoms with Crippen molar-refractivity contribution in [2.75, 3.05) is 18.0 Å². The van der Waals surface area contributed by atoms with E-state index in [-0.39, 0.29) is 23.9 Å². The molecule has 3 rings (SSSR count). The van der Waals surface area contributed by atoms with Crippen LogP contribution in [0.2, 0.25) is 5.02 Å². The molecule has 2 aliphatic rings. The fourth-order valence-electron chi connectivity index (χ4n) is 3.03. The van der Waals surface area contributed by atoms with Gasteiger partial charge in [0.05, 0.1) is 5.02 Å². The van der Waals surface area contributed by atoms with E-state index in [1.807, 2.05) is 18.2 Å². The Kier molecular flexibility index (Phi) is 5.50. The Morgan fingerprint density at radius 1 is 1.50 bits per heavy atom. The molecule has 0 aromatic heterocycles. The van der Waals surface area contributed by atoms with Crippen LogP contribution in [0.3, 0.4) is 0 Å². The number of hydrogen-bond acceptors (Lipinski definition) is 3. The molecule has 2 unspecified atom stereocenters. The summed E-state index contributed by atoms with van der Waals surface area (Å²) in [5.41, 5.74) is -1.79. The zero-order chi connectivity index (χ0) is 18.9. The Morgan fingerprint density at radius 3 is 2.96 bits per heavy atom. The van der Waals surface area contributed by atoms with Crippen LogP contribution in [-0.2, 0) is 9.59 Å². The minimum atomic E-state index is -2.13. The highest BCUT2D eigenvalue weighted by Crippen LogP contribution is 2.31. The van der Waals surface area contributed by atoms with E-state index < -0.39 is 23.2 Å². The first-order valence-corrected chi connectivity index (χ1v) is 9.29. The number of nitrogens with one attached hydrogen (secondary N) is 1. The van der Waals surface area contributed by atoms with Crippen molar-refractivity contribution in [1.82, 2.24) is 5.32 Å². The molecule has 1 aromatic carbocycles. The molecule has 0 bridgehead atoms. The van der Waals surface area contributed by atoms with Gasteiger partial charge in [0.1, 0.15) is 5.82 Å². The predicted molar refractivity (Wildman–Crippen MR) is 101 cm³/mol. The Balaban J connectivity index is 1.67. The second-order valence-corrected chi connectivity index (χ2v) is 7.76. The standard InChI is InChI=1S/C18H17BrClFN2O3/c19-12-3-1-2-11(8-12)10-22-16(24)18(26)6-7-23(17(18)25)13-4-5-15(21)14(20)9-13/h1-5,9,11,26H,6-8,10H2,(H,22,24). The number of hydrogen-bond donors (Lipinski definition) is 2. The first-order valence-electron chi connectivity index (χ1n) is 8.12. The van der Waals surface area contributed by atoms with E-state index in [9.17, 15) is 19.1 Å². The molecule has 0 spiro atoms. The van der Waals surface area contributed by atoms with Crippen molar-refractivity contribution < 1.29 is 19.1 Å². The highest BCUT2D eigenvalue weighted by atomic mass is 79.9. The molecular formula is C18H17BrClFN2O3. The average Bonchev–Trinajstić information content (AvgIpc) is 2.92. The Bertz CT molecular complexity index is 814. The summed E-state index contributed by atoms with van der Waals surface area (Å²) in [5.74, 6) is -1.98. The third kappa shape index (κ3) is 3.70. The Labute approximate surface area is 163 Å². The Hall–Kier alpha value is -1.70. The van der Waals surface area contributed by atoms with E-state index in [1.165, 1.54) is 17.0 Å². The number of carbonyl (C=O) groups excluding carboxylic acids is 2. The van der Waals surface area contributed by atoms with Gasteiger partial charge >= 0.3 is 0 Å². The number of nitrogens with zero attached hydrogens (tertiary/aromatic N) is 1. The van der Waals surface area contributed by atoms with E-state index in [1.54, 1.807) is 0 Å². The van der Waals surface area contributed by atoms with Crippen molar-refractivity contribution >= 4 is 45.0 Å². The second kappa shape index (κ2) is 7.50. The van der Waals surface area contributed by atoms with Crippen molar-refractivity contribution in [3.8, 4) is 0 Å². The number of allylic oxidation sites excluding steroid dienone is 3. The van der Waals surface area contributed by atoms with Gasteiger partial charge in [-0.05, 0) is 35.0 Å². The molecule has 2 amide bonds. The SMILES string of the molecule is O=C(NCC1C=CC=C(Br)C1)C1(O)CCN(c2ccc(F)c(Cl)c2)C1=O. The van der Waals surface area contributed by atoms with Gasteiger partial charge in [-0.3, -0.25) is 9.59 Å². The summed E-state index contributed by atoms with van der Waals surface area (Å²) < 4.78 is 14.3. The molecule has 8 heteroatoms. The maximum atomic E-state index is 13.3. The zero-order valence-electron chi connectivity index (χ0n) is 13.7. The molecule has 1 aromatic rings. The summed E-state index contributed by atoms with van der Waals surface area (Å²) in [6.45, 7) is 0.457. The van der Waals surface area contributed by atoms with Gasteiger partial charge in [0.2, 0.25) is 5.60 Å². The minimum absolute atomic E-state index is 0.0449. The first-order chi connectivity index (χ1) is 12.3. The van der Waals surface area contributed by atoms with E-state index in [0.29, 0.717) is 12.2 Å². The predicted octanol–water partition coefficient (Wildman–Crippen LogP) is 2.92. The van der Waals surface area contributed by atoms with E-state index >= 15 is 0 Å². The lowest BCUT2D eigenvalue weighted by Gasteiger charge is -2.23. The lowest BCUT2D eigenvalue weighted by atomic mass is 9.98. The first kappa shape index (κ1) is 19.1. The lowest BCUT2D eigenvalue weighted by molar-refractivity contribution is -0.149. The maximum absolute atomic E-state index is 13.3. The molecule has 1 fully saturated rings. The average molecular weight is 444 g/mol. The molecular weight excluding hydrogens is 427 g/mol. The molecule has 5 nitrogen and oxygen atoms in total. The number of halogens is 3. The third-order valence-electron chi connectivity index (χ3n) is 4.53. The van der Waals surface area contributed by atoms with Gasteiger partial charge in [-0.1, -0.05) is 45.8 Å². The molecule has 2 N–H and O–H groups in total. The van der Waals surface area contributed by atoms with Crippen molar-refractivity contribution in [3.05, 3.63) is 51.7 Å². The van der Waals surface area contributed by atoms with Gasteiger partial charge in [-0.15, -0.1) is 0 Å². The van der Waals surface area contributed by atoms with Gasteiger partial charge in [0, 0.05) is 25.2 Å². The summed E-state index contributed by atoms with van der Waals surface area (Å²) >= 11 is 9.17. The van der Waals surface area contributed by atoms with Crippen molar-refractivity contribution in [2.24, 2.45) is 5.92 Å². The van der Waals surface area contributed by atoms with E-state index in [2.05, 4.69) is 21.2 Å². The molecule has 138 valence electrons. The lowest BCUT2D eigenvalue weighted by Crippen LogP contribution is -2.53. The van der Waals surface area contributed by atoms with Crippen LogP contribution in [0.15, 0.2) is 40.9 Å². The van der Waals surface area contributed by atoms with Crippen LogP contribution >= 0.6 is 27.5 Å². The quantitative estimate of drug-likeness (QED) is 0.703. The fraction of sp³-hybridized carbons (Fsp3) is 0.333. The van der Waals surface area contributed by atoms with E-state index in [4.69, 9.17) is 11.6 Å². The molecule has 1 heterocycles. The van der Waals surface area contributed by atoms with Gasteiger partial charge in [0.15, 0.2) is 0 Å². The highest BCUT2D eigenvalue weighted by Gasteiger charge is 2.51. The number of benzene rings is 1. The summed E-state index contributed by atoms with van der Waals surface area (Å²) in [7, 11) is 0. The van der Waals surface area contributed by atoms with Crippen LogP contribution < -0.4 is 10.2 Å². The summed E-state index contributed by atoms with van der Waals surface area (Å²) in [4.78, 5) is 26.3. The van der Waals surface area contributed by atoms with Crippen molar-refractivity contribution in [3.63, 3.8) is 0 Å². The molecule has 1 aliphatic heterocycles. The molecule has 26 heavy (non-hydrogen) atoms. The molecule has 2 atom stereocenters. The third-order valence-corrected chi connectivity index (χ3v) is 5.41. The monoisotopic (exact) mass is 442 g/mol. The summed E-state index contributed by atoms with van der Waals surface area (Å²) in [5, 5.41) is 13.1. The van der Waals surface area contributed by atoms with Gasteiger partial charge < -0.3 is 15.3 Å². The minimum Gasteiger partial charge on any atom is -0.372 e. The van der Waals surface area contributed by atoms with Crippen LogP contribution in [0.25, 0.3) is 0 Å². The number of rotatable bonds is 4. The van der Waals surface area contributed by atoms with Crippen LogP contribution in [0.1, 0.15) is 12.8 Å². The van der Waals surface area contributed by atoms with Crippen LogP contribution in [0, 0.1) is 11.7 Å². The number of amides is 2. The molecule has 0 radical (unpaired) electrons. The smallest absolute Gasteiger partial charge is 0.268 e. The maximum Gasteiger partial charge on any atom is 0.268 e. The normalized spacial score (nSPS) is 25.4. The summed E-state index contributed by atoms with van der Waals surface area (Å²) in [6.07, 6.45) is 6.47. The molecule has 1 saturated heterocycles. The molecule has 1 aliphatic carbocycles. The number of carbonyl (C=O) groups is 2. The highest BCUT2D eigenvalue weighted by molar-refractivity contribution is 9.11. The Morgan fingerprint density at radius 2 is 2.27 bits per heavy atom. The van der Waals surface area contributed by atoms with Crippen LogP contribution in [0.4, 0.5) is 10.1 Å². The van der Waals surface area contributed by atoms with Crippen molar-refractivity contribution in [2.45, 2.75) is 18.4 Å². The van der Waals surface area contributed by atoms with Crippen LogP contribution in [0.5, 0.6) is 0 Å². The fourth-order valence-corrected chi connectivity index (χ4v) is 3.77. The van der Waals surface area contributed by atoms with Crippen LogP contribution in [-0.4, -0.2) is 35.6 Å².